The molecule has 0 saturated heterocycles. The van der Waals surface area contributed by atoms with Gasteiger partial charge in [0.15, 0.2) is 0 Å². The fraction of sp³-hybridized carbons (Fsp3) is 0.222. The van der Waals surface area contributed by atoms with Crippen LogP contribution in [0.2, 0.25) is 0 Å². The Morgan fingerprint density at radius 3 is 2.73 bits per heavy atom. The van der Waals surface area contributed by atoms with Gasteiger partial charge in [0.1, 0.15) is 11.5 Å². The maximum atomic E-state index is 13.1. The molecule has 0 heterocycles. The number of hydrogen-bond acceptors (Lipinski definition) is 3. The molecular weight excluding hydrogens is 201 g/mol. The van der Waals surface area contributed by atoms with E-state index in [2.05, 4.69) is 4.99 Å². The first-order valence-corrected chi connectivity index (χ1v) is 4.15. The number of benzene rings is 1. The zero-order chi connectivity index (χ0) is 11.4. The Labute approximate surface area is 86.0 Å². The molecule has 1 aromatic rings. The van der Waals surface area contributed by atoms with Crippen molar-refractivity contribution in [2.45, 2.75) is 0 Å². The van der Waals surface area contributed by atoms with Crippen LogP contribution in [0.15, 0.2) is 23.2 Å². The van der Waals surface area contributed by atoms with E-state index in [0.717, 1.165) is 18.2 Å². The van der Waals surface area contributed by atoms with Gasteiger partial charge in [0.05, 0.1) is 11.3 Å². The molecule has 0 N–H and O–H groups in total. The molecule has 0 radical (unpaired) electrons. The minimum Gasteiger partial charge on any atom is -0.369 e. The molecule has 0 unspecified atom stereocenters. The topological polar surface area (TPSA) is 58.7 Å². The molecule has 15 heavy (non-hydrogen) atoms. The number of nitro benzene ring substituents is 1. The zero-order valence-corrected chi connectivity index (χ0v) is 8.35. The molecule has 0 aliphatic carbocycles. The molecule has 5 nitrogen and oxygen atoms in total. The van der Waals surface area contributed by atoms with E-state index in [-0.39, 0.29) is 11.4 Å². The highest BCUT2D eigenvalue weighted by molar-refractivity contribution is 5.62. The standard InChI is InChI=1S/C9H10FN3O2/c1-12(2)6-11-9-5-7(13(14)15)3-4-8(9)10/h3-6H,1-2H3/b11-6+. The summed E-state index contributed by atoms with van der Waals surface area (Å²) in [5.41, 5.74) is -0.222. The first-order valence-electron chi connectivity index (χ1n) is 4.15. The maximum absolute atomic E-state index is 13.1. The van der Waals surface area contributed by atoms with E-state index in [4.69, 9.17) is 0 Å². The van der Waals surface area contributed by atoms with Crippen LogP contribution in [-0.4, -0.2) is 30.3 Å². The van der Waals surface area contributed by atoms with Crippen molar-refractivity contribution < 1.29 is 9.31 Å². The van der Waals surface area contributed by atoms with E-state index in [1.54, 1.807) is 19.0 Å². The predicted molar refractivity (Wildman–Crippen MR) is 54.9 cm³/mol. The number of nitro groups is 1. The SMILES string of the molecule is CN(C)/C=N/c1cc([N+](=O)[O-])ccc1F. The van der Waals surface area contributed by atoms with Crippen LogP contribution in [0, 0.1) is 15.9 Å². The summed E-state index contributed by atoms with van der Waals surface area (Å²) in [6, 6.07) is 3.22. The highest BCUT2D eigenvalue weighted by Gasteiger charge is 2.09. The van der Waals surface area contributed by atoms with Gasteiger partial charge < -0.3 is 4.90 Å². The third kappa shape index (κ3) is 3.01. The molecule has 0 amide bonds. The van der Waals surface area contributed by atoms with Crippen molar-refractivity contribution >= 4 is 17.7 Å². The van der Waals surface area contributed by atoms with Crippen LogP contribution < -0.4 is 0 Å². The summed E-state index contributed by atoms with van der Waals surface area (Å²) < 4.78 is 13.1. The van der Waals surface area contributed by atoms with Crippen molar-refractivity contribution in [3.63, 3.8) is 0 Å². The summed E-state index contributed by atoms with van der Waals surface area (Å²) in [4.78, 5) is 15.2. The lowest BCUT2D eigenvalue weighted by molar-refractivity contribution is -0.384. The predicted octanol–water partition coefficient (Wildman–Crippen LogP) is 1.96. The normalized spacial score (nSPS) is 10.6. The van der Waals surface area contributed by atoms with Crippen molar-refractivity contribution in [1.82, 2.24) is 4.90 Å². The van der Waals surface area contributed by atoms with E-state index < -0.39 is 10.7 Å². The Kier molecular flexibility index (Phi) is 3.33. The summed E-state index contributed by atoms with van der Waals surface area (Å²) in [5.74, 6) is -0.585. The van der Waals surface area contributed by atoms with Crippen molar-refractivity contribution in [2.75, 3.05) is 14.1 Å². The molecule has 0 aromatic heterocycles. The Bertz CT molecular complexity index is 404. The summed E-state index contributed by atoms with van der Waals surface area (Å²) in [7, 11) is 3.44. The lowest BCUT2D eigenvalue weighted by Crippen LogP contribution is -2.07. The second kappa shape index (κ2) is 4.50. The summed E-state index contributed by atoms with van der Waals surface area (Å²) in [6.07, 6.45) is 1.38. The van der Waals surface area contributed by atoms with Gasteiger partial charge in [-0.3, -0.25) is 10.1 Å². The minimum absolute atomic E-state index is 0.0436. The molecular formula is C9H10FN3O2. The molecule has 1 rings (SSSR count). The average molecular weight is 211 g/mol. The van der Waals surface area contributed by atoms with Crippen LogP contribution in [0.1, 0.15) is 0 Å². The first-order chi connectivity index (χ1) is 7.00. The second-order valence-electron chi connectivity index (χ2n) is 3.10. The van der Waals surface area contributed by atoms with Gasteiger partial charge >= 0.3 is 0 Å². The van der Waals surface area contributed by atoms with Crippen LogP contribution >= 0.6 is 0 Å². The smallest absolute Gasteiger partial charge is 0.271 e. The lowest BCUT2D eigenvalue weighted by Gasteiger charge is -2.02. The van der Waals surface area contributed by atoms with Crippen molar-refractivity contribution in [3.05, 3.63) is 34.1 Å². The number of nitrogens with zero attached hydrogens (tertiary/aromatic N) is 3. The monoisotopic (exact) mass is 211 g/mol. The van der Waals surface area contributed by atoms with E-state index >= 15 is 0 Å². The summed E-state index contributed by atoms with van der Waals surface area (Å²) in [5, 5.41) is 10.4. The van der Waals surface area contributed by atoms with E-state index in [1.165, 1.54) is 6.34 Å². The van der Waals surface area contributed by atoms with E-state index in [1.807, 2.05) is 0 Å². The van der Waals surface area contributed by atoms with E-state index in [0.29, 0.717) is 0 Å². The van der Waals surface area contributed by atoms with Gasteiger partial charge in [-0.1, -0.05) is 0 Å². The first kappa shape index (κ1) is 11.1. The molecule has 0 bridgehead atoms. The van der Waals surface area contributed by atoms with Gasteiger partial charge in [-0.05, 0) is 6.07 Å². The number of non-ortho nitro benzene ring substituents is 1. The number of rotatable bonds is 3. The third-order valence-electron chi connectivity index (χ3n) is 1.57. The Morgan fingerprint density at radius 1 is 1.53 bits per heavy atom. The van der Waals surface area contributed by atoms with Crippen molar-refractivity contribution in [1.29, 1.82) is 0 Å². The van der Waals surface area contributed by atoms with Gasteiger partial charge in [-0.25, -0.2) is 9.38 Å². The van der Waals surface area contributed by atoms with Crippen LogP contribution in [-0.2, 0) is 0 Å². The molecule has 0 saturated carbocycles. The quantitative estimate of drug-likeness (QED) is 0.332. The summed E-state index contributed by atoms with van der Waals surface area (Å²) >= 11 is 0. The molecule has 0 atom stereocenters. The van der Waals surface area contributed by atoms with E-state index in [9.17, 15) is 14.5 Å². The molecule has 0 aliphatic heterocycles. The van der Waals surface area contributed by atoms with Crippen molar-refractivity contribution in [2.24, 2.45) is 4.99 Å². The molecule has 6 heteroatoms. The van der Waals surface area contributed by atoms with Gasteiger partial charge in [-0.15, -0.1) is 0 Å². The molecule has 1 aromatic carbocycles. The molecule has 0 spiro atoms. The number of hydrogen-bond donors (Lipinski definition) is 0. The van der Waals surface area contributed by atoms with Crippen LogP contribution in [0.25, 0.3) is 0 Å². The fourth-order valence-corrected chi connectivity index (χ4v) is 0.891. The summed E-state index contributed by atoms with van der Waals surface area (Å²) in [6.45, 7) is 0. The minimum atomic E-state index is -0.589. The third-order valence-corrected chi connectivity index (χ3v) is 1.57. The molecule has 80 valence electrons. The van der Waals surface area contributed by atoms with Crippen LogP contribution in [0.3, 0.4) is 0 Å². The van der Waals surface area contributed by atoms with Crippen LogP contribution in [0.5, 0.6) is 0 Å². The van der Waals surface area contributed by atoms with Gasteiger partial charge in [0.2, 0.25) is 0 Å². The number of halogens is 1. The average Bonchev–Trinajstić information content (AvgIpc) is 2.16. The van der Waals surface area contributed by atoms with Crippen molar-refractivity contribution in [3.8, 4) is 0 Å². The lowest BCUT2D eigenvalue weighted by atomic mass is 10.3. The Morgan fingerprint density at radius 2 is 2.20 bits per heavy atom. The largest absolute Gasteiger partial charge is 0.369 e. The molecule has 0 aliphatic rings. The second-order valence-corrected chi connectivity index (χ2v) is 3.10. The van der Waals surface area contributed by atoms with Gasteiger partial charge in [-0.2, -0.15) is 0 Å². The van der Waals surface area contributed by atoms with Crippen LogP contribution in [0.4, 0.5) is 15.8 Å². The Balaban J connectivity index is 3.05. The zero-order valence-electron chi connectivity index (χ0n) is 8.35. The fourth-order valence-electron chi connectivity index (χ4n) is 0.891. The van der Waals surface area contributed by atoms with Gasteiger partial charge in [0.25, 0.3) is 5.69 Å². The highest BCUT2D eigenvalue weighted by Crippen LogP contribution is 2.23. The maximum Gasteiger partial charge on any atom is 0.271 e. The van der Waals surface area contributed by atoms with Gasteiger partial charge in [0, 0.05) is 26.2 Å². The number of aliphatic imine (C=N–C) groups is 1. The molecule has 0 fully saturated rings. The Hall–Kier alpha value is -1.98. The highest BCUT2D eigenvalue weighted by atomic mass is 19.1.